The van der Waals surface area contributed by atoms with Crippen molar-refractivity contribution in [3.8, 4) is 11.5 Å². The molecule has 2 aromatic carbocycles. The highest BCUT2D eigenvalue weighted by molar-refractivity contribution is 9.10. The number of methoxy groups -OCH3 is 2. The summed E-state index contributed by atoms with van der Waals surface area (Å²) in [6, 6.07) is 12.4. The number of nitrogens with one attached hydrogen (secondary N) is 1. The first kappa shape index (κ1) is 19.8. The Morgan fingerprint density at radius 3 is 2.48 bits per heavy atom. The molecule has 0 amide bonds. The first-order valence-corrected chi connectivity index (χ1v) is 9.17. The van der Waals surface area contributed by atoms with Crippen molar-refractivity contribution in [2.45, 2.75) is 26.5 Å². The van der Waals surface area contributed by atoms with E-state index in [2.05, 4.69) is 58.5 Å². The Balaban J connectivity index is 1.99. The van der Waals surface area contributed by atoms with Gasteiger partial charge in [0.1, 0.15) is 6.61 Å². The average Bonchev–Trinajstić information content (AvgIpc) is 2.61. The van der Waals surface area contributed by atoms with Crippen LogP contribution in [0.4, 0.5) is 0 Å². The zero-order chi connectivity index (χ0) is 18.1. The van der Waals surface area contributed by atoms with Crippen LogP contribution < -0.4 is 14.8 Å². The van der Waals surface area contributed by atoms with E-state index in [1.807, 2.05) is 6.07 Å². The molecule has 5 heteroatoms. The molecular weight excluding hydrogens is 382 g/mol. The highest BCUT2D eigenvalue weighted by Crippen LogP contribution is 2.37. The summed E-state index contributed by atoms with van der Waals surface area (Å²) in [5, 5.41) is 3.40. The Morgan fingerprint density at radius 2 is 1.80 bits per heavy atom. The summed E-state index contributed by atoms with van der Waals surface area (Å²) in [4.78, 5) is 0. The summed E-state index contributed by atoms with van der Waals surface area (Å²) >= 11 is 3.61. The van der Waals surface area contributed by atoms with E-state index in [0.29, 0.717) is 6.61 Å². The molecule has 0 aliphatic heterocycles. The lowest BCUT2D eigenvalue weighted by Gasteiger charge is -2.15. The van der Waals surface area contributed by atoms with Crippen LogP contribution in [0.25, 0.3) is 0 Å². The Hall–Kier alpha value is -1.56. The molecule has 0 atom stereocenters. The van der Waals surface area contributed by atoms with Crippen molar-refractivity contribution in [1.82, 2.24) is 5.32 Å². The van der Waals surface area contributed by atoms with Crippen molar-refractivity contribution < 1.29 is 14.2 Å². The third kappa shape index (κ3) is 6.34. The van der Waals surface area contributed by atoms with Crippen LogP contribution in [-0.2, 0) is 17.9 Å². The van der Waals surface area contributed by atoms with Gasteiger partial charge in [0.2, 0.25) is 0 Å². The zero-order valence-electron chi connectivity index (χ0n) is 15.1. The predicted molar refractivity (Wildman–Crippen MR) is 104 cm³/mol. The van der Waals surface area contributed by atoms with Crippen molar-refractivity contribution in [3.63, 3.8) is 0 Å². The minimum atomic E-state index is 0.504. The summed E-state index contributed by atoms with van der Waals surface area (Å²) in [6.07, 6.45) is 0.993. The topological polar surface area (TPSA) is 39.7 Å². The van der Waals surface area contributed by atoms with Gasteiger partial charge < -0.3 is 19.5 Å². The van der Waals surface area contributed by atoms with E-state index in [0.717, 1.165) is 53.2 Å². The minimum absolute atomic E-state index is 0.504. The fraction of sp³-hybridized carbons (Fsp3) is 0.400. The Kier molecular flexibility index (Phi) is 8.25. The van der Waals surface area contributed by atoms with E-state index < -0.39 is 0 Å². The molecule has 0 saturated heterocycles. The molecule has 4 nitrogen and oxygen atoms in total. The van der Waals surface area contributed by atoms with Gasteiger partial charge in [0.15, 0.2) is 11.5 Å². The molecule has 0 aromatic heterocycles. The number of aryl methyl sites for hydroxylation is 1. The van der Waals surface area contributed by atoms with E-state index in [1.54, 1.807) is 14.2 Å². The molecule has 0 bridgehead atoms. The molecule has 25 heavy (non-hydrogen) atoms. The Morgan fingerprint density at radius 1 is 1.04 bits per heavy atom. The van der Waals surface area contributed by atoms with Crippen LogP contribution in [0.5, 0.6) is 11.5 Å². The van der Waals surface area contributed by atoms with Gasteiger partial charge in [-0.1, -0.05) is 29.8 Å². The molecule has 0 heterocycles. The van der Waals surface area contributed by atoms with Crippen LogP contribution in [0.15, 0.2) is 40.9 Å². The van der Waals surface area contributed by atoms with Crippen molar-refractivity contribution in [2.75, 3.05) is 27.4 Å². The molecule has 0 unspecified atom stereocenters. The molecule has 0 aliphatic rings. The molecule has 0 radical (unpaired) electrons. The summed E-state index contributed by atoms with van der Waals surface area (Å²) < 4.78 is 17.5. The van der Waals surface area contributed by atoms with Crippen LogP contribution in [-0.4, -0.2) is 27.4 Å². The largest absolute Gasteiger partial charge is 0.493 e. The smallest absolute Gasteiger partial charge is 0.175 e. The summed E-state index contributed by atoms with van der Waals surface area (Å²) in [7, 11) is 3.38. The first-order chi connectivity index (χ1) is 12.1. The van der Waals surface area contributed by atoms with Gasteiger partial charge in [-0.05, 0) is 59.1 Å². The van der Waals surface area contributed by atoms with E-state index >= 15 is 0 Å². The van der Waals surface area contributed by atoms with Gasteiger partial charge in [-0.2, -0.15) is 0 Å². The second kappa shape index (κ2) is 10.4. The number of hydrogen-bond donors (Lipinski definition) is 1. The van der Waals surface area contributed by atoms with Gasteiger partial charge >= 0.3 is 0 Å². The number of ether oxygens (including phenoxy) is 3. The number of hydrogen-bond acceptors (Lipinski definition) is 4. The summed E-state index contributed by atoms with van der Waals surface area (Å²) in [5.41, 5.74) is 3.51. The minimum Gasteiger partial charge on any atom is -0.493 e. The quantitative estimate of drug-likeness (QED) is 0.589. The Labute approximate surface area is 158 Å². The lowest BCUT2D eigenvalue weighted by atomic mass is 10.1. The molecule has 2 aromatic rings. The first-order valence-electron chi connectivity index (χ1n) is 8.38. The standard InChI is InChI=1S/C20H26BrNO3/c1-15-5-7-16(8-6-15)14-25-20-18(21)11-17(12-19(20)24-3)13-22-9-4-10-23-2/h5-8,11-12,22H,4,9-10,13-14H2,1-3H3. The van der Waals surface area contributed by atoms with E-state index in [1.165, 1.54) is 5.56 Å². The Bertz CT molecular complexity index is 659. The van der Waals surface area contributed by atoms with Gasteiger partial charge in [0.25, 0.3) is 0 Å². The molecule has 0 spiro atoms. The average molecular weight is 408 g/mol. The third-order valence-corrected chi connectivity index (χ3v) is 4.41. The van der Waals surface area contributed by atoms with Gasteiger partial charge in [0.05, 0.1) is 11.6 Å². The van der Waals surface area contributed by atoms with E-state index in [-0.39, 0.29) is 0 Å². The van der Waals surface area contributed by atoms with Crippen LogP contribution >= 0.6 is 15.9 Å². The van der Waals surface area contributed by atoms with Crippen molar-refractivity contribution in [3.05, 3.63) is 57.6 Å². The summed E-state index contributed by atoms with van der Waals surface area (Å²) in [6.45, 7) is 5.04. The van der Waals surface area contributed by atoms with Gasteiger partial charge in [-0.3, -0.25) is 0 Å². The van der Waals surface area contributed by atoms with Gasteiger partial charge in [-0.25, -0.2) is 0 Å². The highest BCUT2D eigenvalue weighted by Gasteiger charge is 2.12. The van der Waals surface area contributed by atoms with Crippen LogP contribution in [0.1, 0.15) is 23.1 Å². The lowest BCUT2D eigenvalue weighted by molar-refractivity contribution is 0.194. The maximum Gasteiger partial charge on any atom is 0.175 e. The monoisotopic (exact) mass is 407 g/mol. The number of rotatable bonds is 10. The maximum atomic E-state index is 5.99. The predicted octanol–water partition coefficient (Wildman–Crippen LogP) is 4.47. The highest BCUT2D eigenvalue weighted by atomic mass is 79.9. The molecule has 136 valence electrons. The fourth-order valence-electron chi connectivity index (χ4n) is 2.43. The molecule has 2 rings (SSSR count). The zero-order valence-corrected chi connectivity index (χ0v) is 16.7. The molecule has 1 N–H and O–H groups in total. The van der Waals surface area contributed by atoms with Gasteiger partial charge in [0, 0.05) is 20.3 Å². The fourth-order valence-corrected chi connectivity index (χ4v) is 3.03. The van der Waals surface area contributed by atoms with Crippen LogP contribution in [0, 0.1) is 6.92 Å². The van der Waals surface area contributed by atoms with Crippen molar-refractivity contribution in [2.24, 2.45) is 0 Å². The third-order valence-electron chi connectivity index (χ3n) is 3.82. The lowest BCUT2D eigenvalue weighted by Crippen LogP contribution is -2.16. The number of halogens is 1. The van der Waals surface area contributed by atoms with Crippen LogP contribution in [0.2, 0.25) is 0 Å². The second-order valence-electron chi connectivity index (χ2n) is 5.91. The number of benzene rings is 2. The maximum absolute atomic E-state index is 5.99. The van der Waals surface area contributed by atoms with E-state index in [9.17, 15) is 0 Å². The van der Waals surface area contributed by atoms with Gasteiger partial charge in [-0.15, -0.1) is 0 Å². The van der Waals surface area contributed by atoms with Crippen LogP contribution in [0.3, 0.4) is 0 Å². The molecule has 0 aliphatic carbocycles. The normalized spacial score (nSPS) is 10.7. The second-order valence-corrected chi connectivity index (χ2v) is 6.76. The van der Waals surface area contributed by atoms with Crippen molar-refractivity contribution in [1.29, 1.82) is 0 Å². The van der Waals surface area contributed by atoms with Crippen molar-refractivity contribution >= 4 is 15.9 Å². The molecular formula is C20H26BrNO3. The molecule has 0 fully saturated rings. The van der Waals surface area contributed by atoms with E-state index in [4.69, 9.17) is 14.2 Å². The summed E-state index contributed by atoms with van der Waals surface area (Å²) in [5.74, 6) is 1.46. The SMILES string of the molecule is COCCCNCc1cc(Br)c(OCc2ccc(C)cc2)c(OC)c1. The molecule has 0 saturated carbocycles.